The predicted octanol–water partition coefficient (Wildman–Crippen LogP) is 3.20. The number of aryl methyl sites for hydroxylation is 2. The standard InChI is InChI=1S/C22H25FN2O3/c1-16-4-9-20(17(2)14-16)28-15-21(26)24-10-3-11-25(13-12-24)22(27)18-5-7-19(23)8-6-18/h4-9,14H,3,10-13,15H2,1-2H3. The van der Waals surface area contributed by atoms with Gasteiger partial charge >= 0.3 is 0 Å². The second-order valence-corrected chi connectivity index (χ2v) is 7.09. The molecular formula is C22H25FN2O3. The molecule has 0 aromatic heterocycles. The van der Waals surface area contributed by atoms with Crippen LogP contribution in [0.15, 0.2) is 42.5 Å². The lowest BCUT2D eigenvalue weighted by Gasteiger charge is -2.22. The van der Waals surface area contributed by atoms with E-state index in [1.165, 1.54) is 24.3 Å². The molecule has 0 bridgehead atoms. The molecule has 1 aliphatic heterocycles. The van der Waals surface area contributed by atoms with Gasteiger partial charge in [0.05, 0.1) is 0 Å². The third-order valence-electron chi connectivity index (χ3n) is 4.91. The summed E-state index contributed by atoms with van der Waals surface area (Å²) in [4.78, 5) is 28.6. The van der Waals surface area contributed by atoms with Gasteiger partial charge in [0, 0.05) is 31.7 Å². The van der Waals surface area contributed by atoms with E-state index in [0.29, 0.717) is 43.9 Å². The van der Waals surface area contributed by atoms with Gasteiger partial charge < -0.3 is 14.5 Å². The number of ether oxygens (including phenoxy) is 1. The first-order chi connectivity index (χ1) is 13.4. The summed E-state index contributed by atoms with van der Waals surface area (Å²) in [5.74, 6) is 0.117. The second-order valence-electron chi connectivity index (χ2n) is 7.09. The maximum atomic E-state index is 13.1. The van der Waals surface area contributed by atoms with Crippen LogP contribution in [0.3, 0.4) is 0 Å². The van der Waals surface area contributed by atoms with Crippen LogP contribution in [0.1, 0.15) is 27.9 Å². The molecule has 1 aliphatic rings. The molecule has 148 valence electrons. The Morgan fingerprint density at radius 1 is 0.964 bits per heavy atom. The lowest BCUT2D eigenvalue weighted by Crippen LogP contribution is -2.39. The van der Waals surface area contributed by atoms with Gasteiger partial charge in [-0.2, -0.15) is 0 Å². The van der Waals surface area contributed by atoms with Gasteiger partial charge in [0.2, 0.25) is 0 Å². The first-order valence-electron chi connectivity index (χ1n) is 9.47. The predicted molar refractivity (Wildman–Crippen MR) is 105 cm³/mol. The van der Waals surface area contributed by atoms with E-state index in [9.17, 15) is 14.0 Å². The van der Waals surface area contributed by atoms with Gasteiger partial charge in [-0.05, 0) is 56.2 Å². The molecule has 0 N–H and O–H groups in total. The average Bonchev–Trinajstić information content (AvgIpc) is 2.93. The fraction of sp³-hybridized carbons (Fsp3) is 0.364. The Balaban J connectivity index is 1.54. The summed E-state index contributed by atoms with van der Waals surface area (Å²) >= 11 is 0. The Labute approximate surface area is 164 Å². The van der Waals surface area contributed by atoms with Crippen LogP contribution >= 0.6 is 0 Å². The van der Waals surface area contributed by atoms with Crippen LogP contribution in [0.4, 0.5) is 4.39 Å². The van der Waals surface area contributed by atoms with Crippen LogP contribution in [0.5, 0.6) is 5.75 Å². The third-order valence-corrected chi connectivity index (χ3v) is 4.91. The molecule has 0 atom stereocenters. The van der Waals surface area contributed by atoms with Crippen molar-refractivity contribution < 1.29 is 18.7 Å². The summed E-state index contributed by atoms with van der Waals surface area (Å²) < 4.78 is 18.8. The molecule has 0 spiro atoms. The molecule has 0 unspecified atom stereocenters. The van der Waals surface area contributed by atoms with E-state index in [0.717, 1.165) is 11.1 Å². The molecule has 2 aromatic carbocycles. The highest BCUT2D eigenvalue weighted by Gasteiger charge is 2.23. The smallest absolute Gasteiger partial charge is 0.260 e. The summed E-state index contributed by atoms with van der Waals surface area (Å²) in [6, 6.07) is 11.4. The lowest BCUT2D eigenvalue weighted by atomic mass is 10.1. The van der Waals surface area contributed by atoms with E-state index in [1.54, 1.807) is 9.80 Å². The third kappa shape index (κ3) is 4.88. The van der Waals surface area contributed by atoms with Crippen LogP contribution < -0.4 is 4.74 Å². The first kappa shape index (κ1) is 19.9. The van der Waals surface area contributed by atoms with Gasteiger partial charge in [0.1, 0.15) is 11.6 Å². The fourth-order valence-electron chi connectivity index (χ4n) is 3.34. The van der Waals surface area contributed by atoms with E-state index in [1.807, 2.05) is 32.0 Å². The summed E-state index contributed by atoms with van der Waals surface area (Å²) in [6.45, 7) is 6.01. The Hall–Kier alpha value is -2.89. The monoisotopic (exact) mass is 384 g/mol. The van der Waals surface area contributed by atoms with Crippen LogP contribution in [0.2, 0.25) is 0 Å². The molecular weight excluding hydrogens is 359 g/mol. The zero-order valence-electron chi connectivity index (χ0n) is 16.3. The maximum Gasteiger partial charge on any atom is 0.260 e. The van der Waals surface area contributed by atoms with Gasteiger partial charge in [-0.3, -0.25) is 9.59 Å². The Morgan fingerprint density at radius 2 is 1.64 bits per heavy atom. The summed E-state index contributed by atoms with van der Waals surface area (Å²) in [5.41, 5.74) is 2.61. The van der Waals surface area contributed by atoms with Gasteiger partial charge in [0.15, 0.2) is 6.61 Å². The molecule has 2 aromatic rings. The lowest BCUT2D eigenvalue weighted by molar-refractivity contribution is -0.133. The van der Waals surface area contributed by atoms with Crippen molar-refractivity contribution in [1.29, 1.82) is 0 Å². The van der Waals surface area contributed by atoms with Crippen molar-refractivity contribution in [3.8, 4) is 5.75 Å². The average molecular weight is 384 g/mol. The minimum Gasteiger partial charge on any atom is -0.484 e. The number of amides is 2. The van der Waals surface area contributed by atoms with Gasteiger partial charge in [-0.1, -0.05) is 17.7 Å². The number of carbonyl (C=O) groups is 2. The summed E-state index contributed by atoms with van der Waals surface area (Å²) in [6.07, 6.45) is 0.697. The highest BCUT2D eigenvalue weighted by Crippen LogP contribution is 2.19. The molecule has 1 fully saturated rings. The first-order valence-corrected chi connectivity index (χ1v) is 9.47. The number of rotatable bonds is 4. The quantitative estimate of drug-likeness (QED) is 0.813. The largest absolute Gasteiger partial charge is 0.484 e. The van der Waals surface area contributed by atoms with E-state index in [-0.39, 0.29) is 24.2 Å². The van der Waals surface area contributed by atoms with Crippen molar-refractivity contribution in [3.05, 3.63) is 65.0 Å². The molecule has 0 radical (unpaired) electrons. The molecule has 3 rings (SSSR count). The van der Waals surface area contributed by atoms with Crippen LogP contribution in [-0.4, -0.2) is 54.4 Å². The van der Waals surface area contributed by atoms with E-state index < -0.39 is 0 Å². The molecule has 0 saturated carbocycles. The molecule has 5 nitrogen and oxygen atoms in total. The van der Waals surface area contributed by atoms with E-state index in [2.05, 4.69) is 0 Å². The number of nitrogens with zero attached hydrogens (tertiary/aromatic N) is 2. The number of hydrogen-bond donors (Lipinski definition) is 0. The molecule has 28 heavy (non-hydrogen) atoms. The molecule has 2 amide bonds. The van der Waals surface area contributed by atoms with Crippen LogP contribution in [0.25, 0.3) is 0 Å². The SMILES string of the molecule is Cc1ccc(OCC(=O)N2CCCN(C(=O)c3ccc(F)cc3)CC2)c(C)c1. The summed E-state index contributed by atoms with van der Waals surface area (Å²) in [5, 5.41) is 0. The highest BCUT2D eigenvalue weighted by molar-refractivity contribution is 5.94. The molecule has 1 saturated heterocycles. The van der Waals surface area contributed by atoms with Gasteiger partial charge in [-0.25, -0.2) is 4.39 Å². The number of benzene rings is 2. The Morgan fingerprint density at radius 3 is 2.36 bits per heavy atom. The van der Waals surface area contributed by atoms with Crippen LogP contribution in [0, 0.1) is 19.7 Å². The highest BCUT2D eigenvalue weighted by atomic mass is 19.1. The molecule has 0 aliphatic carbocycles. The van der Waals surface area contributed by atoms with E-state index >= 15 is 0 Å². The minimum atomic E-state index is -0.368. The van der Waals surface area contributed by atoms with E-state index in [4.69, 9.17) is 4.74 Å². The Kier molecular flexibility index (Phi) is 6.29. The van der Waals surface area contributed by atoms with Crippen molar-refractivity contribution in [1.82, 2.24) is 9.80 Å². The number of carbonyl (C=O) groups excluding carboxylic acids is 2. The van der Waals surface area contributed by atoms with Crippen molar-refractivity contribution in [3.63, 3.8) is 0 Å². The fourth-order valence-corrected chi connectivity index (χ4v) is 3.34. The second kappa shape index (κ2) is 8.87. The van der Waals surface area contributed by atoms with Crippen molar-refractivity contribution in [2.75, 3.05) is 32.8 Å². The summed E-state index contributed by atoms with van der Waals surface area (Å²) in [7, 11) is 0. The zero-order chi connectivity index (χ0) is 20.1. The minimum absolute atomic E-state index is 0.0180. The van der Waals surface area contributed by atoms with Crippen LogP contribution in [-0.2, 0) is 4.79 Å². The van der Waals surface area contributed by atoms with Gasteiger partial charge in [-0.15, -0.1) is 0 Å². The molecule has 1 heterocycles. The van der Waals surface area contributed by atoms with Crippen molar-refractivity contribution in [2.24, 2.45) is 0 Å². The molecule has 6 heteroatoms. The number of halogens is 1. The van der Waals surface area contributed by atoms with Gasteiger partial charge in [0.25, 0.3) is 11.8 Å². The zero-order valence-corrected chi connectivity index (χ0v) is 16.3. The van der Waals surface area contributed by atoms with Crippen molar-refractivity contribution in [2.45, 2.75) is 20.3 Å². The normalized spacial score (nSPS) is 14.5. The number of hydrogen-bond acceptors (Lipinski definition) is 3. The van der Waals surface area contributed by atoms with Crippen molar-refractivity contribution >= 4 is 11.8 Å². The topological polar surface area (TPSA) is 49.9 Å². The Bertz CT molecular complexity index is 851. The maximum absolute atomic E-state index is 13.1.